The lowest BCUT2D eigenvalue weighted by molar-refractivity contribution is 0.305. The van der Waals surface area contributed by atoms with Crippen molar-refractivity contribution in [3.8, 4) is 5.75 Å². The molecule has 0 radical (unpaired) electrons. The van der Waals surface area contributed by atoms with Crippen molar-refractivity contribution in [2.45, 2.75) is 33.3 Å². The Balaban J connectivity index is 2.08. The standard InChI is InChI=1S/C17H19BrO/c1-12(2)16-9-8-15(10-13(16)3)19-11-14-6-4-5-7-17(14)18/h4-10,12H,11H2,1-3H3. The molecule has 0 heterocycles. The largest absolute Gasteiger partial charge is 0.489 e. The first-order valence-electron chi connectivity index (χ1n) is 6.54. The van der Waals surface area contributed by atoms with Crippen LogP contribution in [0.3, 0.4) is 0 Å². The summed E-state index contributed by atoms with van der Waals surface area (Å²) in [5.41, 5.74) is 3.83. The Bertz CT molecular complexity index is 561. The zero-order valence-corrected chi connectivity index (χ0v) is 13.2. The lowest BCUT2D eigenvalue weighted by atomic mass is 9.98. The van der Waals surface area contributed by atoms with Crippen LogP contribution < -0.4 is 4.74 Å². The van der Waals surface area contributed by atoms with Crippen LogP contribution >= 0.6 is 15.9 Å². The normalized spacial score (nSPS) is 10.8. The molecule has 2 aromatic carbocycles. The summed E-state index contributed by atoms with van der Waals surface area (Å²) >= 11 is 3.53. The van der Waals surface area contributed by atoms with Gasteiger partial charge in [0.15, 0.2) is 0 Å². The first-order chi connectivity index (χ1) is 9.08. The summed E-state index contributed by atoms with van der Waals surface area (Å²) in [6.45, 7) is 7.15. The smallest absolute Gasteiger partial charge is 0.120 e. The summed E-state index contributed by atoms with van der Waals surface area (Å²) in [6, 6.07) is 14.5. The minimum atomic E-state index is 0.553. The molecule has 2 heteroatoms. The molecule has 1 nitrogen and oxygen atoms in total. The summed E-state index contributed by atoms with van der Waals surface area (Å²) in [5, 5.41) is 0. The Morgan fingerprint density at radius 1 is 1.11 bits per heavy atom. The first kappa shape index (κ1) is 14.1. The van der Waals surface area contributed by atoms with Crippen molar-refractivity contribution in [2.24, 2.45) is 0 Å². The fraction of sp³-hybridized carbons (Fsp3) is 0.294. The van der Waals surface area contributed by atoms with E-state index in [0.29, 0.717) is 12.5 Å². The highest BCUT2D eigenvalue weighted by Crippen LogP contribution is 2.25. The van der Waals surface area contributed by atoms with Gasteiger partial charge < -0.3 is 4.74 Å². The molecular formula is C17H19BrO. The van der Waals surface area contributed by atoms with Gasteiger partial charge >= 0.3 is 0 Å². The molecule has 0 aliphatic rings. The van der Waals surface area contributed by atoms with Gasteiger partial charge in [0.05, 0.1) is 0 Å². The second kappa shape index (κ2) is 6.25. The van der Waals surface area contributed by atoms with E-state index in [-0.39, 0.29) is 0 Å². The Morgan fingerprint density at radius 3 is 2.47 bits per heavy atom. The quantitative estimate of drug-likeness (QED) is 0.727. The van der Waals surface area contributed by atoms with Gasteiger partial charge in [0, 0.05) is 10.0 Å². The van der Waals surface area contributed by atoms with Crippen LogP contribution in [-0.4, -0.2) is 0 Å². The van der Waals surface area contributed by atoms with Crippen molar-refractivity contribution in [1.29, 1.82) is 0 Å². The molecule has 0 unspecified atom stereocenters. The maximum atomic E-state index is 5.86. The molecule has 19 heavy (non-hydrogen) atoms. The molecule has 0 amide bonds. The van der Waals surface area contributed by atoms with Gasteiger partial charge in [-0.1, -0.05) is 54.0 Å². The molecule has 2 aromatic rings. The van der Waals surface area contributed by atoms with Gasteiger partial charge in [-0.15, -0.1) is 0 Å². The van der Waals surface area contributed by atoms with Gasteiger partial charge in [-0.2, -0.15) is 0 Å². The zero-order valence-electron chi connectivity index (χ0n) is 11.6. The van der Waals surface area contributed by atoms with Crippen molar-refractivity contribution in [2.75, 3.05) is 0 Å². The molecule has 2 rings (SSSR count). The second-order valence-electron chi connectivity index (χ2n) is 5.05. The van der Waals surface area contributed by atoms with Gasteiger partial charge in [-0.05, 0) is 42.2 Å². The average Bonchev–Trinajstić information content (AvgIpc) is 2.37. The van der Waals surface area contributed by atoms with Crippen LogP contribution in [0.5, 0.6) is 5.75 Å². The number of hydrogen-bond acceptors (Lipinski definition) is 1. The molecule has 0 aliphatic heterocycles. The molecular weight excluding hydrogens is 300 g/mol. The molecule has 0 N–H and O–H groups in total. The van der Waals surface area contributed by atoms with Crippen molar-refractivity contribution >= 4 is 15.9 Å². The van der Waals surface area contributed by atoms with E-state index >= 15 is 0 Å². The van der Waals surface area contributed by atoms with Crippen LogP contribution in [0.25, 0.3) is 0 Å². The van der Waals surface area contributed by atoms with E-state index in [4.69, 9.17) is 4.74 Å². The predicted molar refractivity (Wildman–Crippen MR) is 83.7 cm³/mol. The molecule has 0 atom stereocenters. The van der Waals surface area contributed by atoms with E-state index < -0.39 is 0 Å². The van der Waals surface area contributed by atoms with Crippen molar-refractivity contribution in [1.82, 2.24) is 0 Å². The Hall–Kier alpha value is -1.28. The summed E-state index contributed by atoms with van der Waals surface area (Å²) in [5.74, 6) is 1.48. The summed E-state index contributed by atoms with van der Waals surface area (Å²) in [4.78, 5) is 0. The number of ether oxygens (including phenoxy) is 1. The fourth-order valence-corrected chi connectivity index (χ4v) is 2.56. The summed E-state index contributed by atoms with van der Waals surface area (Å²) in [6.07, 6.45) is 0. The van der Waals surface area contributed by atoms with Crippen molar-refractivity contribution < 1.29 is 4.74 Å². The molecule has 0 aliphatic carbocycles. The molecule has 0 bridgehead atoms. The van der Waals surface area contributed by atoms with Crippen LogP contribution in [0, 0.1) is 6.92 Å². The third-order valence-electron chi connectivity index (χ3n) is 3.22. The molecule has 0 spiro atoms. The minimum Gasteiger partial charge on any atom is -0.489 e. The Labute approximate surface area is 123 Å². The van der Waals surface area contributed by atoms with Crippen LogP contribution in [-0.2, 0) is 6.61 Å². The second-order valence-corrected chi connectivity index (χ2v) is 5.91. The highest BCUT2D eigenvalue weighted by molar-refractivity contribution is 9.10. The minimum absolute atomic E-state index is 0.553. The molecule has 0 saturated carbocycles. The van der Waals surface area contributed by atoms with Gasteiger partial charge in [0.25, 0.3) is 0 Å². The average molecular weight is 319 g/mol. The number of halogens is 1. The SMILES string of the molecule is Cc1cc(OCc2ccccc2Br)ccc1C(C)C. The van der Waals surface area contributed by atoms with E-state index in [1.54, 1.807) is 0 Å². The molecule has 100 valence electrons. The maximum absolute atomic E-state index is 5.86. The van der Waals surface area contributed by atoms with Gasteiger partial charge in [-0.3, -0.25) is 0 Å². The van der Waals surface area contributed by atoms with Gasteiger partial charge in [0.2, 0.25) is 0 Å². The van der Waals surface area contributed by atoms with Crippen molar-refractivity contribution in [3.05, 3.63) is 63.6 Å². The van der Waals surface area contributed by atoms with Crippen LogP contribution in [0.15, 0.2) is 46.9 Å². The monoisotopic (exact) mass is 318 g/mol. The van der Waals surface area contributed by atoms with Crippen LogP contribution in [0.4, 0.5) is 0 Å². The number of aryl methyl sites for hydroxylation is 1. The van der Waals surface area contributed by atoms with E-state index in [1.165, 1.54) is 11.1 Å². The highest BCUT2D eigenvalue weighted by atomic mass is 79.9. The van der Waals surface area contributed by atoms with E-state index in [9.17, 15) is 0 Å². The Morgan fingerprint density at radius 2 is 1.84 bits per heavy atom. The molecule has 0 fully saturated rings. The van der Waals surface area contributed by atoms with Crippen LogP contribution in [0.1, 0.15) is 36.5 Å². The lowest BCUT2D eigenvalue weighted by Gasteiger charge is -2.13. The lowest BCUT2D eigenvalue weighted by Crippen LogP contribution is -1.98. The number of benzene rings is 2. The third kappa shape index (κ3) is 3.60. The van der Waals surface area contributed by atoms with Crippen LogP contribution in [0.2, 0.25) is 0 Å². The van der Waals surface area contributed by atoms with E-state index in [2.05, 4.69) is 61.0 Å². The van der Waals surface area contributed by atoms with Crippen molar-refractivity contribution in [3.63, 3.8) is 0 Å². The highest BCUT2D eigenvalue weighted by Gasteiger charge is 2.05. The summed E-state index contributed by atoms with van der Waals surface area (Å²) in [7, 11) is 0. The first-order valence-corrected chi connectivity index (χ1v) is 7.34. The van der Waals surface area contributed by atoms with Gasteiger partial charge in [0.1, 0.15) is 12.4 Å². The molecule has 0 saturated heterocycles. The summed E-state index contributed by atoms with van der Waals surface area (Å²) < 4.78 is 6.95. The zero-order chi connectivity index (χ0) is 13.8. The Kier molecular flexibility index (Phi) is 4.65. The number of rotatable bonds is 4. The number of hydrogen-bond donors (Lipinski definition) is 0. The maximum Gasteiger partial charge on any atom is 0.120 e. The van der Waals surface area contributed by atoms with E-state index in [1.807, 2.05) is 18.2 Å². The third-order valence-corrected chi connectivity index (χ3v) is 3.99. The predicted octanol–water partition coefficient (Wildman–Crippen LogP) is 5.46. The molecule has 0 aromatic heterocycles. The van der Waals surface area contributed by atoms with E-state index in [0.717, 1.165) is 15.8 Å². The fourth-order valence-electron chi connectivity index (χ4n) is 2.16. The van der Waals surface area contributed by atoms with Gasteiger partial charge in [-0.25, -0.2) is 0 Å². The topological polar surface area (TPSA) is 9.23 Å².